The summed E-state index contributed by atoms with van der Waals surface area (Å²) in [4.78, 5) is 0. The lowest BCUT2D eigenvalue weighted by atomic mass is 9.94. The molecular formula is C20H27N. The van der Waals surface area contributed by atoms with Gasteiger partial charge in [0, 0.05) is 0 Å². The topological polar surface area (TPSA) is 12.0 Å². The van der Waals surface area contributed by atoms with Crippen LogP contribution in [-0.2, 0) is 6.42 Å². The van der Waals surface area contributed by atoms with E-state index in [1.807, 2.05) is 7.05 Å². The molecule has 0 amide bonds. The largest absolute Gasteiger partial charge is 0.309 e. The van der Waals surface area contributed by atoms with Gasteiger partial charge in [-0.25, -0.2) is 0 Å². The summed E-state index contributed by atoms with van der Waals surface area (Å²) in [6.45, 7) is 6.69. The highest BCUT2D eigenvalue weighted by atomic mass is 14.9. The van der Waals surface area contributed by atoms with Gasteiger partial charge < -0.3 is 5.32 Å². The van der Waals surface area contributed by atoms with Crippen LogP contribution in [-0.4, -0.2) is 7.05 Å². The maximum Gasteiger partial charge on any atom is 0.0574 e. The van der Waals surface area contributed by atoms with Crippen LogP contribution in [0.15, 0.2) is 48.5 Å². The fourth-order valence-electron chi connectivity index (χ4n) is 2.76. The first-order valence-corrected chi connectivity index (χ1v) is 8.01. The second kappa shape index (κ2) is 7.42. The Hall–Kier alpha value is -1.60. The van der Waals surface area contributed by atoms with Gasteiger partial charge in [0.2, 0.25) is 0 Å². The molecule has 1 unspecified atom stereocenters. The van der Waals surface area contributed by atoms with Crippen LogP contribution >= 0.6 is 0 Å². The van der Waals surface area contributed by atoms with Crippen LogP contribution in [0, 0.1) is 0 Å². The molecule has 2 rings (SSSR count). The van der Waals surface area contributed by atoms with E-state index in [1.165, 1.54) is 28.7 Å². The van der Waals surface area contributed by atoms with Crippen molar-refractivity contribution < 1.29 is 0 Å². The van der Waals surface area contributed by atoms with Crippen molar-refractivity contribution in [2.45, 2.75) is 45.6 Å². The van der Waals surface area contributed by atoms with Crippen molar-refractivity contribution >= 4 is 0 Å². The Labute approximate surface area is 129 Å². The first-order valence-electron chi connectivity index (χ1n) is 8.01. The van der Waals surface area contributed by atoms with Gasteiger partial charge in [-0.2, -0.15) is 0 Å². The maximum absolute atomic E-state index is 3.43. The van der Waals surface area contributed by atoms with E-state index >= 15 is 0 Å². The summed E-state index contributed by atoms with van der Waals surface area (Å²) < 4.78 is 0. The lowest BCUT2D eigenvalue weighted by molar-refractivity contribution is 0.690. The Bertz CT molecular complexity index is 537. The van der Waals surface area contributed by atoms with E-state index in [1.54, 1.807) is 0 Å². The highest BCUT2D eigenvalue weighted by Crippen LogP contribution is 2.24. The Morgan fingerprint density at radius 3 is 1.71 bits per heavy atom. The van der Waals surface area contributed by atoms with Crippen LogP contribution in [0.4, 0.5) is 0 Å². The van der Waals surface area contributed by atoms with Gasteiger partial charge in [-0.15, -0.1) is 0 Å². The summed E-state index contributed by atoms with van der Waals surface area (Å²) in [5, 5.41) is 3.43. The molecular weight excluding hydrogens is 254 g/mol. The van der Waals surface area contributed by atoms with Gasteiger partial charge in [0.15, 0.2) is 0 Å². The highest BCUT2D eigenvalue weighted by molar-refractivity contribution is 5.35. The average molecular weight is 281 g/mol. The third-order valence-electron chi connectivity index (χ3n) is 4.08. The number of aryl methyl sites for hydroxylation is 1. The van der Waals surface area contributed by atoms with Gasteiger partial charge >= 0.3 is 0 Å². The van der Waals surface area contributed by atoms with Gasteiger partial charge in [-0.1, -0.05) is 75.7 Å². The second-order valence-electron chi connectivity index (χ2n) is 6.03. The van der Waals surface area contributed by atoms with Crippen LogP contribution in [0.5, 0.6) is 0 Å². The molecule has 1 heteroatoms. The molecule has 1 nitrogen and oxygen atoms in total. The van der Waals surface area contributed by atoms with Crippen LogP contribution in [0.3, 0.4) is 0 Å². The molecule has 2 aromatic carbocycles. The molecule has 0 aromatic heterocycles. The molecule has 0 bridgehead atoms. The molecule has 1 atom stereocenters. The highest BCUT2D eigenvalue weighted by Gasteiger charge is 2.12. The van der Waals surface area contributed by atoms with E-state index in [2.05, 4.69) is 74.6 Å². The van der Waals surface area contributed by atoms with E-state index < -0.39 is 0 Å². The Balaban J connectivity index is 2.22. The van der Waals surface area contributed by atoms with Gasteiger partial charge in [-0.05, 0) is 41.6 Å². The molecule has 0 aliphatic heterocycles. The lowest BCUT2D eigenvalue weighted by Crippen LogP contribution is -2.17. The minimum atomic E-state index is 0.266. The van der Waals surface area contributed by atoms with Crippen molar-refractivity contribution in [3.8, 4) is 0 Å². The number of rotatable bonds is 6. The zero-order chi connectivity index (χ0) is 15.2. The molecule has 0 radical (unpaired) electrons. The first kappa shape index (κ1) is 15.8. The molecule has 0 saturated heterocycles. The number of nitrogens with one attached hydrogen (secondary N) is 1. The number of hydrogen-bond donors (Lipinski definition) is 1. The van der Waals surface area contributed by atoms with Gasteiger partial charge in [0.25, 0.3) is 0 Å². The molecule has 2 aromatic rings. The van der Waals surface area contributed by atoms with E-state index in [0.717, 1.165) is 6.42 Å². The molecule has 0 heterocycles. The zero-order valence-corrected chi connectivity index (χ0v) is 13.7. The monoisotopic (exact) mass is 281 g/mol. The molecule has 1 N–H and O–H groups in total. The summed E-state index contributed by atoms with van der Waals surface area (Å²) in [5.41, 5.74) is 5.47. The smallest absolute Gasteiger partial charge is 0.0574 e. The van der Waals surface area contributed by atoms with Crippen molar-refractivity contribution in [2.24, 2.45) is 0 Å². The Morgan fingerprint density at radius 2 is 1.29 bits per heavy atom. The number of benzene rings is 2. The molecule has 0 aliphatic carbocycles. The summed E-state index contributed by atoms with van der Waals surface area (Å²) in [6.07, 6.45) is 2.36. The Kier molecular flexibility index (Phi) is 5.58. The van der Waals surface area contributed by atoms with Crippen LogP contribution in [0.2, 0.25) is 0 Å². The SMILES string of the molecule is CCCc1ccc(C(NC)c2ccc(C(C)C)cc2)cc1. The standard InChI is InChI=1S/C20H27N/c1-5-6-16-7-9-18(10-8-16)20(21-4)19-13-11-17(12-14-19)15(2)3/h7-15,20-21H,5-6H2,1-4H3. The maximum atomic E-state index is 3.43. The van der Waals surface area contributed by atoms with E-state index in [-0.39, 0.29) is 6.04 Å². The number of hydrogen-bond acceptors (Lipinski definition) is 1. The summed E-state index contributed by atoms with van der Waals surface area (Å²) in [7, 11) is 2.03. The third kappa shape index (κ3) is 3.95. The molecule has 21 heavy (non-hydrogen) atoms. The molecule has 0 saturated carbocycles. The van der Waals surface area contributed by atoms with Crippen LogP contribution in [0.1, 0.15) is 61.4 Å². The van der Waals surface area contributed by atoms with E-state index in [0.29, 0.717) is 5.92 Å². The van der Waals surface area contributed by atoms with E-state index in [9.17, 15) is 0 Å². The fourth-order valence-corrected chi connectivity index (χ4v) is 2.76. The zero-order valence-electron chi connectivity index (χ0n) is 13.7. The summed E-state index contributed by atoms with van der Waals surface area (Å²) in [6, 6.07) is 18.3. The summed E-state index contributed by atoms with van der Waals surface area (Å²) >= 11 is 0. The molecule has 0 aliphatic rings. The first-order chi connectivity index (χ1) is 10.2. The summed E-state index contributed by atoms with van der Waals surface area (Å²) in [5.74, 6) is 0.584. The molecule has 0 fully saturated rings. The van der Waals surface area contributed by atoms with Gasteiger partial charge in [0.05, 0.1) is 6.04 Å². The van der Waals surface area contributed by atoms with Crippen molar-refractivity contribution in [2.75, 3.05) is 7.05 Å². The van der Waals surface area contributed by atoms with Gasteiger partial charge in [-0.3, -0.25) is 0 Å². The fraction of sp³-hybridized carbons (Fsp3) is 0.400. The second-order valence-corrected chi connectivity index (χ2v) is 6.03. The predicted octanol–water partition coefficient (Wildman–Crippen LogP) is 5.07. The van der Waals surface area contributed by atoms with Crippen molar-refractivity contribution in [1.82, 2.24) is 5.32 Å². The van der Waals surface area contributed by atoms with Crippen LogP contribution in [0.25, 0.3) is 0 Å². The third-order valence-corrected chi connectivity index (χ3v) is 4.08. The van der Waals surface area contributed by atoms with Crippen molar-refractivity contribution in [1.29, 1.82) is 0 Å². The quantitative estimate of drug-likeness (QED) is 0.779. The minimum Gasteiger partial charge on any atom is -0.309 e. The predicted molar refractivity (Wildman–Crippen MR) is 91.9 cm³/mol. The van der Waals surface area contributed by atoms with Gasteiger partial charge in [0.1, 0.15) is 0 Å². The Morgan fingerprint density at radius 1 is 0.810 bits per heavy atom. The van der Waals surface area contributed by atoms with Crippen molar-refractivity contribution in [3.63, 3.8) is 0 Å². The molecule has 112 valence electrons. The minimum absolute atomic E-state index is 0.266. The normalized spacial score (nSPS) is 12.6. The van der Waals surface area contributed by atoms with Crippen LogP contribution < -0.4 is 5.32 Å². The van der Waals surface area contributed by atoms with E-state index in [4.69, 9.17) is 0 Å². The lowest BCUT2D eigenvalue weighted by Gasteiger charge is -2.18. The molecule has 0 spiro atoms. The average Bonchev–Trinajstić information content (AvgIpc) is 2.50. The van der Waals surface area contributed by atoms with Crippen molar-refractivity contribution in [3.05, 3.63) is 70.8 Å².